The first kappa shape index (κ1) is 17.6. The van der Waals surface area contributed by atoms with E-state index in [9.17, 15) is 5.11 Å². The standard InChI is InChI=1S/C22H22N6O/c23-19-18-8-13-28(17-6-11-24-12-7-17)20(18)26-21(25-19)27-14-9-22(29,10-15-27)16-4-2-1-3-5-16/h1-8,11-13,29H,9-10,14-15H2,(H2,23,25,26). The average molecular weight is 386 g/mol. The molecule has 7 heteroatoms. The lowest BCUT2D eigenvalue weighted by Gasteiger charge is -2.38. The number of aromatic nitrogens is 4. The van der Waals surface area contributed by atoms with Crippen LogP contribution in [0.25, 0.3) is 16.7 Å². The normalized spacial score (nSPS) is 16.2. The zero-order chi connectivity index (χ0) is 19.8. The molecule has 146 valence electrons. The molecular weight excluding hydrogens is 364 g/mol. The van der Waals surface area contributed by atoms with E-state index in [1.54, 1.807) is 12.4 Å². The molecule has 1 aliphatic rings. The first-order valence-corrected chi connectivity index (χ1v) is 9.72. The lowest BCUT2D eigenvalue weighted by molar-refractivity contribution is 0.0115. The zero-order valence-electron chi connectivity index (χ0n) is 15.9. The molecule has 0 radical (unpaired) electrons. The summed E-state index contributed by atoms with van der Waals surface area (Å²) in [5.41, 5.74) is 8.13. The van der Waals surface area contributed by atoms with Gasteiger partial charge in [0.2, 0.25) is 5.95 Å². The molecule has 1 saturated heterocycles. The maximum atomic E-state index is 11.1. The minimum absolute atomic E-state index is 0.460. The molecule has 5 rings (SSSR count). The molecule has 0 atom stereocenters. The highest BCUT2D eigenvalue weighted by Gasteiger charge is 2.34. The van der Waals surface area contributed by atoms with Crippen LogP contribution >= 0.6 is 0 Å². The minimum Gasteiger partial charge on any atom is -0.385 e. The van der Waals surface area contributed by atoms with Gasteiger partial charge in [-0.1, -0.05) is 30.3 Å². The Balaban J connectivity index is 1.46. The second-order valence-corrected chi connectivity index (χ2v) is 7.42. The van der Waals surface area contributed by atoms with Gasteiger partial charge in [-0.2, -0.15) is 9.97 Å². The van der Waals surface area contributed by atoms with E-state index < -0.39 is 5.60 Å². The zero-order valence-corrected chi connectivity index (χ0v) is 15.9. The molecule has 29 heavy (non-hydrogen) atoms. The smallest absolute Gasteiger partial charge is 0.229 e. The first-order chi connectivity index (χ1) is 14.1. The summed E-state index contributed by atoms with van der Waals surface area (Å²) in [6.45, 7) is 1.32. The quantitative estimate of drug-likeness (QED) is 0.562. The van der Waals surface area contributed by atoms with Crippen molar-refractivity contribution in [2.75, 3.05) is 23.7 Å². The highest BCUT2D eigenvalue weighted by molar-refractivity contribution is 5.88. The van der Waals surface area contributed by atoms with Crippen LogP contribution < -0.4 is 10.6 Å². The molecular formula is C22H22N6O. The fourth-order valence-corrected chi connectivity index (χ4v) is 3.99. The van der Waals surface area contributed by atoms with Gasteiger partial charge >= 0.3 is 0 Å². The van der Waals surface area contributed by atoms with Gasteiger partial charge in [-0.3, -0.25) is 4.98 Å². The summed E-state index contributed by atoms with van der Waals surface area (Å²) in [7, 11) is 0. The molecule has 0 aliphatic carbocycles. The van der Waals surface area contributed by atoms with Gasteiger partial charge in [0, 0.05) is 31.7 Å². The van der Waals surface area contributed by atoms with E-state index in [1.807, 2.05) is 59.3 Å². The van der Waals surface area contributed by atoms with E-state index in [0.717, 1.165) is 22.3 Å². The summed E-state index contributed by atoms with van der Waals surface area (Å²) in [5.74, 6) is 1.06. The van der Waals surface area contributed by atoms with Crippen LogP contribution in [0.2, 0.25) is 0 Å². The Morgan fingerprint density at radius 3 is 2.38 bits per heavy atom. The summed E-state index contributed by atoms with van der Waals surface area (Å²) in [5, 5.41) is 11.9. The van der Waals surface area contributed by atoms with Crippen LogP contribution in [0.4, 0.5) is 11.8 Å². The Bertz CT molecular complexity index is 1130. The molecule has 4 heterocycles. The molecule has 0 saturated carbocycles. The Labute approximate surface area is 168 Å². The second kappa shape index (κ2) is 6.86. The number of hydrogen-bond donors (Lipinski definition) is 2. The Kier molecular flexibility index (Phi) is 4.17. The van der Waals surface area contributed by atoms with Gasteiger partial charge in [-0.15, -0.1) is 0 Å². The number of piperidine rings is 1. The highest BCUT2D eigenvalue weighted by Crippen LogP contribution is 2.34. The molecule has 0 amide bonds. The number of nitrogens with two attached hydrogens (primary N) is 1. The molecule has 4 aromatic rings. The number of aliphatic hydroxyl groups is 1. The minimum atomic E-state index is -0.815. The van der Waals surface area contributed by atoms with Crippen molar-refractivity contribution < 1.29 is 5.11 Å². The number of rotatable bonds is 3. The molecule has 1 aromatic carbocycles. The Morgan fingerprint density at radius 1 is 0.931 bits per heavy atom. The fraction of sp³-hybridized carbons (Fsp3) is 0.227. The van der Waals surface area contributed by atoms with Crippen LogP contribution in [-0.4, -0.2) is 37.7 Å². The number of fused-ring (bicyclic) bond motifs is 1. The predicted molar refractivity (Wildman–Crippen MR) is 113 cm³/mol. The summed E-state index contributed by atoms with van der Waals surface area (Å²) in [4.78, 5) is 15.5. The summed E-state index contributed by atoms with van der Waals surface area (Å²) in [6, 6.07) is 15.6. The van der Waals surface area contributed by atoms with Gasteiger partial charge in [-0.25, -0.2) is 0 Å². The van der Waals surface area contributed by atoms with Crippen LogP contribution in [0.1, 0.15) is 18.4 Å². The lowest BCUT2D eigenvalue weighted by atomic mass is 9.84. The van der Waals surface area contributed by atoms with Gasteiger partial charge in [0.15, 0.2) is 5.65 Å². The molecule has 3 N–H and O–H groups in total. The summed E-state index contributed by atoms with van der Waals surface area (Å²) >= 11 is 0. The average Bonchev–Trinajstić information content (AvgIpc) is 3.20. The lowest BCUT2D eigenvalue weighted by Crippen LogP contribution is -2.43. The number of hydrogen-bond acceptors (Lipinski definition) is 6. The van der Waals surface area contributed by atoms with Crippen molar-refractivity contribution in [1.29, 1.82) is 0 Å². The molecule has 7 nitrogen and oxygen atoms in total. The summed E-state index contributed by atoms with van der Waals surface area (Å²) < 4.78 is 1.99. The van der Waals surface area contributed by atoms with E-state index >= 15 is 0 Å². The van der Waals surface area contributed by atoms with Crippen molar-refractivity contribution in [3.05, 3.63) is 72.7 Å². The number of pyridine rings is 1. The highest BCUT2D eigenvalue weighted by atomic mass is 16.3. The third kappa shape index (κ3) is 3.09. The number of nitrogens with zero attached hydrogens (tertiary/aromatic N) is 5. The van der Waals surface area contributed by atoms with Gasteiger partial charge in [-0.05, 0) is 36.6 Å². The SMILES string of the molecule is Nc1nc(N2CCC(O)(c3ccccc3)CC2)nc2c1ccn2-c1ccncc1. The molecule has 1 fully saturated rings. The largest absolute Gasteiger partial charge is 0.385 e. The predicted octanol–water partition coefficient (Wildman–Crippen LogP) is 2.89. The van der Waals surface area contributed by atoms with E-state index in [1.165, 1.54) is 0 Å². The Hall–Kier alpha value is -3.45. The van der Waals surface area contributed by atoms with E-state index in [2.05, 4.69) is 14.9 Å². The van der Waals surface area contributed by atoms with E-state index in [0.29, 0.717) is 37.7 Å². The third-order valence-electron chi connectivity index (χ3n) is 5.69. The van der Waals surface area contributed by atoms with Crippen LogP contribution in [0.3, 0.4) is 0 Å². The van der Waals surface area contributed by atoms with Crippen LogP contribution in [0.15, 0.2) is 67.1 Å². The van der Waals surface area contributed by atoms with Crippen LogP contribution in [0, 0.1) is 0 Å². The fourth-order valence-electron chi connectivity index (χ4n) is 3.99. The molecule has 0 spiro atoms. The Morgan fingerprint density at radius 2 is 1.66 bits per heavy atom. The molecule has 0 bridgehead atoms. The maximum Gasteiger partial charge on any atom is 0.229 e. The van der Waals surface area contributed by atoms with Crippen LogP contribution in [-0.2, 0) is 5.60 Å². The molecule has 0 unspecified atom stereocenters. The van der Waals surface area contributed by atoms with Crippen LogP contribution in [0.5, 0.6) is 0 Å². The van der Waals surface area contributed by atoms with Gasteiger partial charge in [0.1, 0.15) is 5.82 Å². The molecule has 3 aromatic heterocycles. The monoisotopic (exact) mass is 386 g/mol. The van der Waals surface area contributed by atoms with Crippen molar-refractivity contribution in [2.45, 2.75) is 18.4 Å². The number of anilines is 2. The van der Waals surface area contributed by atoms with Crippen molar-refractivity contribution in [2.24, 2.45) is 0 Å². The topological polar surface area (TPSA) is 93.1 Å². The third-order valence-corrected chi connectivity index (χ3v) is 5.69. The van der Waals surface area contributed by atoms with Crippen molar-refractivity contribution >= 4 is 22.8 Å². The number of nitrogen functional groups attached to an aromatic ring is 1. The number of benzene rings is 1. The van der Waals surface area contributed by atoms with Gasteiger partial charge in [0.25, 0.3) is 0 Å². The maximum absolute atomic E-state index is 11.1. The van der Waals surface area contributed by atoms with E-state index in [4.69, 9.17) is 10.7 Å². The van der Waals surface area contributed by atoms with Gasteiger partial charge < -0.3 is 20.3 Å². The van der Waals surface area contributed by atoms with Crippen molar-refractivity contribution in [3.8, 4) is 5.69 Å². The van der Waals surface area contributed by atoms with Crippen molar-refractivity contribution in [3.63, 3.8) is 0 Å². The van der Waals surface area contributed by atoms with Gasteiger partial charge in [0.05, 0.1) is 16.7 Å². The second-order valence-electron chi connectivity index (χ2n) is 7.42. The van der Waals surface area contributed by atoms with E-state index in [-0.39, 0.29) is 0 Å². The summed E-state index contributed by atoms with van der Waals surface area (Å²) in [6.07, 6.45) is 6.68. The first-order valence-electron chi connectivity index (χ1n) is 9.72. The molecule has 1 aliphatic heterocycles. The van der Waals surface area contributed by atoms with Crippen molar-refractivity contribution in [1.82, 2.24) is 19.5 Å².